The summed E-state index contributed by atoms with van der Waals surface area (Å²) < 4.78 is 12.7. The van der Waals surface area contributed by atoms with Crippen molar-refractivity contribution in [1.82, 2.24) is 0 Å². The summed E-state index contributed by atoms with van der Waals surface area (Å²) in [7, 11) is 0. The summed E-state index contributed by atoms with van der Waals surface area (Å²) in [4.78, 5) is 0. The monoisotopic (exact) mass is 788 g/mol. The molecule has 62 heavy (non-hydrogen) atoms. The summed E-state index contributed by atoms with van der Waals surface area (Å²) in [5, 5.41) is 11.8. The molecule has 2 heterocycles. The number of furan rings is 2. The number of fused-ring (bicyclic) bond motifs is 9. The lowest BCUT2D eigenvalue weighted by atomic mass is 9.82. The Morgan fingerprint density at radius 3 is 1.56 bits per heavy atom. The van der Waals surface area contributed by atoms with E-state index in [0.29, 0.717) is 0 Å². The van der Waals surface area contributed by atoms with Gasteiger partial charge in [-0.25, -0.2) is 0 Å². The van der Waals surface area contributed by atoms with Gasteiger partial charge in [-0.15, -0.1) is 0 Å². The molecule has 2 nitrogen and oxygen atoms in total. The molecule has 0 saturated carbocycles. The molecule has 0 fully saturated rings. The second-order valence-electron chi connectivity index (χ2n) is 16.3. The third-order valence-corrected chi connectivity index (χ3v) is 12.9. The van der Waals surface area contributed by atoms with Gasteiger partial charge in [-0.05, 0) is 130 Å². The number of hydrogen-bond donors (Lipinski definition) is 0. The van der Waals surface area contributed by atoms with E-state index in [2.05, 4.69) is 200 Å². The molecule has 0 spiro atoms. The number of rotatable bonds is 5. The van der Waals surface area contributed by atoms with Crippen LogP contribution in [-0.2, 0) is 0 Å². The van der Waals surface area contributed by atoms with Gasteiger partial charge in [-0.2, -0.15) is 0 Å². The third kappa shape index (κ3) is 5.37. The van der Waals surface area contributed by atoms with Gasteiger partial charge in [0.1, 0.15) is 22.3 Å². The van der Waals surface area contributed by atoms with E-state index in [1.165, 1.54) is 65.7 Å². The zero-order valence-electron chi connectivity index (χ0n) is 33.6. The highest BCUT2D eigenvalue weighted by Gasteiger charge is 2.21. The van der Waals surface area contributed by atoms with Gasteiger partial charge in [0, 0.05) is 21.5 Å². The van der Waals surface area contributed by atoms with Gasteiger partial charge in [-0.1, -0.05) is 176 Å². The van der Waals surface area contributed by atoms with Crippen LogP contribution in [0, 0.1) is 0 Å². The van der Waals surface area contributed by atoms with Crippen LogP contribution < -0.4 is 0 Å². The van der Waals surface area contributed by atoms with E-state index in [-0.39, 0.29) is 0 Å². The molecule has 288 valence electrons. The van der Waals surface area contributed by atoms with Crippen molar-refractivity contribution in [2.45, 2.75) is 0 Å². The van der Waals surface area contributed by atoms with Gasteiger partial charge in [-0.3, -0.25) is 0 Å². The summed E-state index contributed by atoms with van der Waals surface area (Å²) in [6.07, 6.45) is 0. The van der Waals surface area contributed by atoms with Crippen molar-refractivity contribution in [2.24, 2.45) is 0 Å². The fourth-order valence-corrected chi connectivity index (χ4v) is 10.0. The predicted molar refractivity (Wildman–Crippen MR) is 261 cm³/mol. The molecule has 0 aliphatic carbocycles. The first kappa shape index (κ1) is 34.6. The molecule has 0 aliphatic heterocycles. The van der Waals surface area contributed by atoms with Gasteiger partial charge in [0.15, 0.2) is 0 Å². The Morgan fingerprint density at radius 2 is 0.726 bits per heavy atom. The molecule has 0 amide bonds. The van der Waals surface area contributed by atoms with Crippen LogP contribution in [0.25, 0.3) is 132 Å². The summed E-state index contributed by atoms with van der Waals surface area (Å²) in [5.74, 6) is 0. The topological polar surface area (TPSA) is 26.3 Å². The van der Waals surface area contributed by atoms with Crippen LogP contribution in [0.4, 0.5) is 0 Å². The standard InChI is InChI=1S/C60H36O2/c1-2-12-37(13-3-1)38-24-26-40(27-25-38)58-48-32-29-43(45-19-11-23-57-60(45)50-18-7-9-22-55(50)62-57)36-53(48)59(47-20-10-15-39-14-4-5-16-44(39)47)49-31-28-41(35-52(49)58)42-30-33-56-51(34-42)46-17-6-8-21-54(46)61-56/h1-36H. The lowest BCUT2D eigenvalue weighted by Crippen LogP contribution is -1.93. The Labute approximate surface area is 357 Å². The van der Waals surface area contributed by atoms with E-state index < -0.39 is 0 Å². The van der Waals surface area contributed by atoms with Crippen molar-refractivity contribution >= 4 is 76.2 Å². The minimum absolute atomic E-state index is 0.893. The maximum atomic E-state index is 6.40. The molecule has 11 aromatic carbocycles. The minimum atomic E-state index is 0.893. The first-order chi connectivity index (χ1) is 30.7. The van der Waals surface area contributed by atoms with Crippen molar-refractivity contribution in [3.05, 3.63) is 218 Å². The molecule has 2 aromatic heterocycles. The van der Waals surface area contributed by atoms with Crippen molar-refractivity contribution in [2.75, 3.05) is 0 Å². The highest BCUT2D eigenvalue weighted by Crippen LogP contribution is 2.48. The molecule has 0 bridgehead atoms. The molecule has 13 rings (SSSR count). The van der Waals surface area contributed by atoms with Crippen molar-refractivity contribution in [3.8, 4) is 55.6 Å². The third-order valence-electron chi connectivity index (χ3n) is 12.9. The first-order valence-electron chi connectivity index (χ1n) is 21.2. The van der Waals surface area contributed by atoms with Gasteiger partial charge >= 0.3 is 0 Å². The zero-order chi connectivity index (χ0) is 40.7. The van der Waals surface area contributed by atoms with Crippen LogP contribution in [0.5, 0.6) is 0 Å². The van der Waals surface area contributed by atoms with Crippen molar-refractivity contribution in [1.29, 1.82) is 0 Å². The summed E-state index contributed by atoms with van der Waals surface area (Å²) in [5.41, 5.74) is 15.4. The Hall–Kier alpha value is -8.20. The normalized spacial score (nSPS) is 11.9. The minimum Gasteiger partial charge on any atom is -0.456 e. The molecule has 0 aliphatic rings. The van der Waals surface area contributed by atoms with Gasteiger partial charge in [0.25, 0.3) is 0 Å². The number of benzene rings is 11. The second kappa shape index (κ2) is 13.7. The van der Waals surface area contributed by atoms with Crippen LogP contribution in [0.2, 0.25) is 0 Å². The van der Waals surface area contributed by atoms with E-state index >= 15 is 0 Å². The van der Waals surface area contributed by atoms with Crippen LogP contribution >= 0.6 is 0 Å². The maximum Gasteiger partial charge on any atom is 0.136 e. The molecule has 0 saturated heterocycles. The molecule has 0 radical (unpaired) electrons. The predicted octanol–water partition coefficient (Wildman–Crippen LogP) is 17.3. The highest BCUT2D eigenvalue weighted by molar-refractivity contribution is 6.25. The van der Waals surface area contributed by atoms with E-state index in [4.69, 9.17) is 8.83 Å². The second-order valence-corrected chi connectivity index (χ2v) is 16.3. The van der Waals surface area contributed by atoms with Crippen molar-refractivity contribution < 1.29 is 8.83 Å². The summed E-state index contributed by atoms with van der Waals surface area (Å²) in [6, 6.07) is 79.1. The van der Waals surface area contributed by atoms with E-state index in [1.807, 2.05) is 18.2 Å². The van der Waals surface area contributed by atoms with Crippen molar-refractivity contribution in [3.63, 3.8) is 0 Å². The number of para-hydroxylation sites is 2. The maximum absolute atomic E-state index is 6.40. The molecular formula is C60H36O2. The van der Waals surface area contributed by atoms with Gasteiger partial charge < -0.3 is 8.83 Å². The smallest absolute Gasteiger partial charge is 0.136 e. The average molecular weight is 789 g/mol. The average Bonchev–Trinajstić information content (AvgIpc) is 3.91. The first-order valence-corrected chi connectivity index (χ1v) is 21.2. The quantitative estimate of drug-likeness (QED) is 0.162. The van der Waals surface area contributed by atoms with Crippen LogP contribution in [-0.4, -0.2) is 0 Å². The van der Waals surface area contributed by atoms with E-state index in [9.17, 15) is 0 Å². The summed E-state index contributed by atoms with van der Waals surface area (Å²) in [6.45, 7) is 0. The zero-order valence-corrected chi connectivity index (χ0v) is 33.6. The molecular weight excluding hydrogens is 753 g/mol. The fourth-order valence-electron chi connectivity index (χ4n) is 10.0. The number of hydrogen-bond acceptors (Lipinski definition) is 2. The lowest BCUT2D eigenvalue weighted by molar-refractivity contribution is 0.668. The lowest BCUT2D eigenvalue weighted by Gasteiger charge is -2.21. The summed E-state index contributed by atoms with van der Waals surface area (Å²) >= 11 is 0. The van der Waals surface area contributed by atoms with Crippen LogP contribution in [0.1, 0.15) is 0 Å². The van der Waals surface area contributed by atoms with E-state index in [1.54, 1.807) is 0 Å². The Kier molecular flexibility index (Phi) is 7.64. The van der Waals surface area contributed by atoms with Gasteiger partial charge in [0.05, 0.1) is 0 Å². The van der Waals surface area contributed by atoms with Crippen LogP contribution in [0.15, 0.2) is 227 Å². The van der Waals surface area contributed by atoms with Crippen LogP contribution in [0.3, 0.4) is 0 Å². The fraction of sp³-hybridized carbons (Fsp3) is 0. The Balaban J connectivity index is 1.14. The van der Waals surface area contributed by atoms with Gasteiger partial charge in [0.2, 0.25) is 0 Å². The molecule has 0 atom stereocenters. The molecule has 0 unspecified atom stereocenters. The SMILES string of the molecule is c1ccc(-c2ccc(-c3c4cc(-c5ccc6oc7ccccc7c6c5)ccc4c(-c4cccc5ccccc45)c4cc(-c5cccc6oc7ccccc7c56)ccc34)cc2)cc1. The molecule has 13 aromatic rings. The highest BCUT2D eigenvalue weighted by atomic mass is 16.3. The largest absolute Gasteiger partial charge is 0.456 e. The Bertz CT molecular complexity index is 3900. The molecule has 2 heteroatoms. The van der Waals surface area contributed by atoms with E-state index in [0.717, 1.165) is 66.1 Å². The Morgan fingerprint density at radius 1 is 0.226 bits per heavy atom. The molecule has 0 N–H and O–H groups in total.